The number of nitrogens with one attached hydrogen (secondary N) is 2. The van der Waals surface area contributed by atoms with Crippen LogP contribution in [0.5, 0.6) is 0 Å². The number of anilines is 2. The minimum absolute atomic E-state index is 0.144. The zero-order valence-electron chi connectivity index (χ0n) is 13.2. The van der Waals surface area contributed by atoms with Crippen LogP contribution in [0.4, 0.5) is 11.6 Å². The van der Waals surface area contributed by atoms with E-state index in [1.807, 2.05) is 0 Å². The molecule has 0 saturated heterocycles. The van der Waals surface area contributed by atoms with E-state index in [9.17, 15) is 5.11 Å². The van der Waals surface area contributed by atoms with Gasteiger partial charge in [-0.15, -0.1) is 0 Å². The number of aliphatic hydroxyl groups is 1. The Bertz CT molecular complexity index is 411. The molecule has 5 nitrogen and oxygen atoms in total. The second-order valence-electron chi connectivity index (χ2n) is 5.34. The van der Waals surface area contributed by atoms with Crippen LogP contribution in [-0.2, 0) is 6.42 Å². The summed E-state index contributed by atoms with van der Waals surface area (Å²) in [6.07, 6.45) is 5.16. The Morgan fingerprint density at radius 3 is 2.45 bits per heavy atom. The van der Waals surface area contributed by atoms with E-state index in [0.717, 1.165) is 43.0 Å². The maximum atomic E-state index is 9.22. The van der Waals surface area contributed by atoms with E-state index >= 15 is 0 Å². The first-order valence-corrected chi connectivity index (χ1v) is 7.57. The largest absolute Gasteiger partial charge is 0.396 e. The van der Waals surface area contributed by atoms with Crippen LogP contribution in [0.3, 0.4) is 0 Å². The first-order valence-electron chi connectivity index (χ1n) is 7.57. The SMILES string of the molecule is CCCNc1ncnc(NC(C)(CC)CCO)c1CC. The molecule has 0 radical (unpaired) electrons. The van der Waals surface area contributed by atoms with Crippen LogP contribution >= 0.6 is 0 Å². The van der Waals surface area contributed by atoms with Crippen molar-refractivity contribution in [2.75, 3.05) is 23.8 Å². The van der Waals surface area contributed by atoms with Crippen LogP contribution in [0.15, 0.2) is 6.33 Å². The van der Waals surface area contributed by atoms with Gasteiger partial charge in [0.05, 0.1) is 0 Å². The highest BCUT2D eigenvalue weighted by Gasteiger charge is 2.23. The second kappa shape index (κ2) is 8.04. The molecule has 1 heterocycles. The predicted octanol–water partition coefficient (Wildman–Crippen LogP) is 2.82. The highest BCUT2D eigenvalue weighted by Crippen LogP contribution is 2.26. The summed E-state index contributed by atoms with van der Waals surface area (Å²) in [5.74, 6) is 1.79. The third-order valence-electron chi connectivity index (χ3n) is 3.71. The molecule has 1 aromatic heterocycles. The Hall–Kier alpha value is -1.36. The average Bonchev–Trinajstić information content (AvgIpc) is 2.45. The molecule has 0 aliphatic carbocycles. The maximum absolute atomic E-state index is 9.22. The molecule has 1 aromatic rings. The number of hydrogen-bond acceptors (Lipinski definition) is 5. The topological polar surface area (TPSA) is 70.1 Å². The molecule has 0 aromatic carbocycles. The van der Waals surface area contributed by atoms with Gasteiger partial charge in [-0.2, -0.15) is 0 Å². The number of hydrogen-bond donors (Lipinski definition) is 3. The van der Waals surface area contributed by atoms with Crippen molar-refractivity contribution in [3.63, 3.8) is 0 Å². The lowest BCUT2D eigenvalue weighted by Gasteiger charge is -2.30. The van der Waals surface area contributed by atoms with E-state index in [1.54, 1.807) is 6.33 Å². The first kappa shape index (κ1) is 16.7. The smallest absolute Gasteiger partial charge is 0.135 e. The van der Waals surface area contributed by atoms with E-state index in [2.05, 4.69) is 48.3 Å². The van der Waals surface area contributed by atoms with Gasteiger partial charge in [0.2, 0.25) is 0 Å². The summed E-state index contributed by atoms with van der Waals surface area (Å²) in [5.41, 5.74) is 0.966. The van der Waals surface area contributed by atoms with Crippen LogP contribution in [0, 0.1) is 0 Å². The van der Waals surface area contributed by atoms with Crippen molar-refractivity contribution in [1.29, 1.82) is 0 Å². The molecule has 1 rings (SSSR count). The van der Waals surface area contributed by atoms with Crippen molar-refractivity contribution in [3.8, 4) is 0 Å². The maximum Gasteiger partial charge on any atom is 0.135 e. The molecule has 0 bridgehead atoms. The molecule has 0 amide bonds. The predicted molar refractivity (Wildman–Crippen MR) is 84.2 cm³/mol. The number of aromatic nitrogens is 2. The van der Waals surface area contributed by atoms with Gasteiger partial charge in [0, 0.05) is 24.3 Å². The summed E-state index contributed by atoms with van der Waals surface area (Å²) in [7, 11) is 0. The third-order valence-corrected chi connectivity index (χ3v) is 3.71. The fourth-order valence-corrected chi connectivity index (χ4v) is 2.11. The van der Waals surface area contributed by atoms with Crippen LogP contribution < -0.4 is 10.6 Å². The fourth-order valence-electron chi connectivity index (χ4n) is 2.11. The summed E-state index contributed by atoms with van der Waals surface area (Å²) in [5, 5.41) is 16.1. The molecule has 1 unspecified atom stereocenters. The van der Waals surface area contributed by atoms with E-state index in [-0.39, 0.29) is 12.1 Å². The fraction of sp³-hybridized carbons (Fsp3) is 0.733. The van der Waals surface area contributed by atoms with Crippen LogP contribution in [0.2, 0.25) is 0 Å². The van der Waals surface area contributed by atoms with E-state index in [1.165, 1.54) is 0 Å². The van der Waals surface area contributed by atoms with Crippen molar-refractivity contribution in [3.05, 3.63) is 11.9 Å². The summed E-state index contributed by atoms with van der Waals surface area (Å²) in [6, 6.07) is 0. The van der Waals surface area contributed by atoms with Gasteiger partial charge in [0.25, 0.3) is 0 Å². The Balaban J connectivity index is 2.99. The lowest BCUT2D eigenvalue weighted by molar-refractivity contribution is 0.251. The quantitative estimate of drug-likeness (QED) is 0.649. The van der Waals surface area contributed by atoms with Crippen molar-refractivity contribution >= 4 is 11.6 Å². The summed E-state index contributed by atoms with van der Waals surface area (Å²) >= 11 is 0. The normalized spacial score (nSPS) is 13.8. The molecule has 0 aliphatic heterocycles. The molecular formula is C15H28N4O. The van der Waals surface area contributed by atoms with Crippen LogP contribution in [0.1, 0.15) is 52.5 Å². The molecule has 5 heteroatoms. The average molecular weight is 280 g/mol. The number of aliphatic hydroxyl groups excluding tert-OH is 1. The first-order chi connectivity index (χ1) is 9.60. The molecule has 1 atom stereocenters. The lowest BCUT2D eigenvalue weighted by Crippen LogP contribution is -2.36. The third kappa shape index (κ3) is 4.34. The van der Waals surface area contributed by atoms with Gasteiger partial charge in [-0.1, -0.05) is 20.8 Å². The van der Waals surface area contributed by atoms with E-state index < -0.39 is 0 Å². The zero-order chi connectivity index (χ0) is 15.0. The van der Waals surface area contributed by atoms with Gasteiger partial charge < -0.3 is 15.7 Å². The van der Waals surface area contributed by atoms with Crippen LogP contribution in [-0.4, -0.2) is 33.8 Å². The Morgan fingerprint density at radius 2 is 1.90 bits per heavy atom. The zero-order valence-corrected chi connectivity index (χ0v) is 13.2. The monoisotopic (exact) mass is 280 g/mol. The minimum Gasteiger partial charge on any atom is -0.396 e. The minimum atomic E-state index is -0.144. The van der Waals surface area contributed by atoms with Crippen molar-refractivity contribution < 1.29 is 5.11 Å². The van der Waals surface area contributed by atoms with Gasteiger partial charge in [-0.3, -0.25) is 0 Å². The molecule has 0 fully saturated rings. The Morgan fingerprint density at radius 1 is 1.20 bits per heavy atom. The number of nitrogens with zero attached hydrogens (tertiary/aromatic N) is 2. The van der Waals surface area contributed by atoms with Gasteiger partial charge in [-0.05, 0) is 32.6 Å². The summed E-state index contributed by atoms with van der Waals surface area (Å²) < 4.78 is 0. The standard InChI is InChI=1S/C15H28N4O/c1-5-9-16-13-12(6-2)14(18-11-17-13)19-15(4,7-3)8-10-20/h11,20H,5-10H2,1-4H3,(H2,16,17,18,19). The van der Waals surface area contributed by atoms with Crippen molar-refractivity contribution in [2.24, 2.45) is 0 Å². The highest BCUT2D eigenvalue weighted by molar-refractivity contribution is 5.58. The van der Waals surface area contributed by atoms with Crippen LogP contribution in [0.25, 0.3) is 0 Å². The van der Waals surface area contributed by atoms with Crippen molar-refractivity contribution in [2.45, 2.75) is 58.9 Å². The lowest BCUT2D eigenvalue weighted by atomic mass is 9.94. The Labute approximate surface area is 122 Å². The van der Waals surface area contributed by atoms with E-state index in [4.69, 9.17) is 0 Å². The molecule has 0 aliphatic rings. The molecule has 3 N–H and O–H groups in total. The summed E-state index contributed by atoms with van der Waals surface area (Å²) in [4.78, 5) is 8.73. The Kier molecular flexibility index (Phi) is 6.71. The van der Waals surface area contributed by atoms with Crippen molar-refractivity contribution in [1.82, 2.24) is 9.97 Å². The molecule has 0 spiro atoms. The second-order valence-corrected chi connectivity index (χ2v) is 5.34. The van der Waals surface area contributed by atoms with Gasteiger partial charge in [-0.25, -0.2) is 9.97 Å². The summed E-state index contributed by atoms with van der Waals surface area (Å²) in [6.45, 7) is 9.55. The molecule has 114 valence electrons. The number of rotatable bonds is 9. The molecular weight excluding hydrogens is 252 g/mol. The van der Waals surface area contributed by atoms with Gasteiger partial charge in [0.15, 0.2) is 0 Å². The highest BCUT2D eigenvalue weighted by atomic mass is 16.3. The van der Waals surface area contributed by atoms with Gasteiger partial charge >= 0.3 is 0 Å². The molecule has 0 saturated carbocycles. The van der Waals surface area contributed by atoms with E-state index in [0.29, 0.717) is 6.42 Å². The molecule has 20 heavy (non-hydrogen) atoms. The van der Waals surface area contributed by atoms with Gasteiger partial charge in [0.1, 0.15) is 18.0 Å².